The molecular weight excluding hydrogens is 340 g/mol. The highest BCUT2D eigenvalue weighted by Crippen LogP contribution is 2.49. The summed E-state index contributed by atoms with van der Waals surface area (Å²) >= 11 is 0. The summed E-state index contributed by atoms with van der Waals surface area (Å²) in [6.07, 6.45) is 1.72. The lowest BCUT2D eigenvalue weighted by Gasteiger charge is -2.47. The van der Waals surface area contributed by atoms with Gasteiger partial charge in [-0.25, -0.2) is 15.6 Å². The summed E-state index contributed by atoms with van der Waals surface area (Å²) in [5.74, 6) is 6.40. The van der Waals surface area contributed by atoms with E-state index < -0.39 is 5.60 Å². The Morgan fingerprint density at radius 1 is 1.30 bits per heavy atom. The van der Waals surface area contributed by atoms with Crippen molar-refractivity contribution in [2.45, 2.75) is 51.2 Å². The van der Waals surface area contributed by atoms with Crippen LogP contribution in [0.5, 0.6) is 0 Å². The highest BCUT2D eigenvalue weighted by atomic mass is 16.6. The van der Waals surface area contributed by atoms with E-state index in [-0.39, 0.29) is 17.9 Å². The van der Waals surface area contributed by atoms with Crippen LogP contribution in [0.25, 0.3) is 11.1 Å². The number of esters is 1. The summed E-state index contributed by atoms with van der Waals surface area (Å²) < 4.78 is 5.70. The van der Waals surface area contributed by atoms with Crippen LogP contribution >= 0.6 is 0 Å². The maximum absolute atomic E-state index is 12.9. The molecule has 0 spiro atoms. The maximum atomic E-state index is 12.9. The summed E-state index contributed by atoms with van der Waals surface area (Å²) in [6.45, 7) is 6.56. The molecule has 1 aromatic heterocycles. The van der Waals surface area contributed by atoms with Gasteiger partial charge in [0.1, 0.15) is 17.5 Å². The van der Waals surface area contributed by atoms with Gasteiger partial charge >= 0.3 is 5.97 Å². The van der Waals surface area contributed by atoms with Crippen LogP contribution in [0, 0.1) is 0 Å². The first kappa shape index (κ1) is 17.8. The highest BCUT2D eigenvalue weighted by molar-refractivity contribution is 5.89. The first-order chi connectivity index (χ1) is 12.9. The van der Waals surface area contributed by atoms with Crippen molar-refractivity contribution >= 4 is 17.5 Å². The summed E-state index contributed by atoms with van der Waals surface area (Å²) in [7, 11) is 0. The van der Waals surface area contributed by atoms with Crippen molar-refractivity contribution in [3.8, 4) is 11.1 Å². The molecule has 6 heteroatoms. The number of benzene rings is 1. The quantitative estimate of drug-likeness (QED) is 0.492. The molecule has 4 heterocycles. The van der Waals surface area contributed by atoms with Crippen LogP contribution in [0.2, 0.25) is 0 Å². The third-order valence-electron chi connectivity index (χ3n) is 5.21. The molecule has 2 aromatic rings. The number of nitrogens with two attached hydrogens (primary N) is 1. The molecule has 0 saturated carbocycles. The summed E-state index contributed by atoms with van der Waals surface area (Å²) in [4.78, 5) is 19.8. The van der Waals surface area contributed by atoms with Crippen molar-refractivity contribution in [1.82, 2.24) is 4.98 Å². The number of nitrogens with one attached hydrogen (secondary N) is 1. The molecule has 142 valence electrons. The van der Waals surface area contributed by atoms with Gasteiger partial charge in [-0.15, -0.1) is 0 Å². The Morgan fingerprint density at radius 2 is 2.04 bits per heavy atom. The lowest BCUT2D eigenvalue weighted by molar-refractivity contribution is -0.157. The molecule has 6 nitrogen and oxygen atoms in total. The van der Waals surface area contributed by atoms with Crippen LogP contribution in [0.1, 0.15) is 45.2 Å². The number of rotatable bonds is 3. The Kier molecular flexibility index (Phi) is 4.30. The number of hydrazine groups is 1. The number of hydrogen-bond acceptors (Lipinski definition) is 6. The van der Waals surface area contributed by atoms with Gasteiger partial charge in [0.2, 0.25) is 0 Å². The number of pyridine rings is 1. The number of anilines is 2. The van der Waals surface area contributed by atoms with E-state index in [2.05, 4.69) is 22.5 Å². The summed E-state index contributed by atoms with van der Waals surface area (Å²) in [5, 5.41) is 0. The van der Waals surface area contributed by atoms with Crippen molar-refractivity contribution < 1.29 is 9.53 Å². The lowest BCUT2D eigenvalue weighted by Crippen LogP contribution is -2.53. The summed E-state index contributed by atoms with van der Waals surface area (Å²) in [6, 6.07) is 11.9. The van der Waals surface area contributed by atoms with Crippen molar-refractivity contribution in [1.29, 1.82) is 0 Å². The SMILES string of the molecule is CC(C)(C)OC(=O)C1CC2CCN1c1c(-c3ccccc3)cc(NN)nc12. The Bertz CT molecular complexity index is 860. The molecule has 27 heavy (non-hydrogen) atoms. The van der Waals surface area contributed by atoms with Crippen molar-refractivity contribution in [2.75, 3.05) is 16.9 Å². The van der Waals surface area contributed by atoms with Gasteiger partial charge in [0.05, 0.1) is 11.4 Å². The number of nitrogens with zero attached hydrogens (tertiary/aromatic N) is 2. The number of ether oxygens (including phenoxy) is 1. The van der Waals surface area contributed by atoms with Crippen molar-refractivity contribution in [3.63, 3.8) is 0 Å². The second kappa shape index (κ2) is 6.53. The largest absolute Gasteiger partial charge is 0.458 e. The van der Waals surface area contributed by atoms with Gasteiger partial charge in [0.25, 0.3) is 0 Å². The van der Waals surface area contributed by atoms with E-state index in [9.17, 15) is 4.79 Å². The first-order valence-electron chi connectivity index (χ1n) is 9.44. The summed E-state index contributed by atoms with van der Waals surface area (Å²) in [5.41, 5.74) is 6.39. The molecule has 2 bridgehead atoms. The highest BCUT2D eigenvalue weighted by Gasteiger charge is 2.44. The normalized spacial score (nSPS) is 21.0. The van der Waals surface area contributed by atoms with Gasteiger partial charge < -0.3 is 15.1 Å². The van der Waals surface area contributed by atoms with Gasteiger partial charge in [-0.1, -0.05) is 30.3 Å². The minimum Gasteiger partial charge on any atom is -0.458 e. The third kappa shape index (κ3) is 3.25. The van der Waals surface area contributed by atoms with Crippen LogP contribution in [-0.2, 0) is 9.53 Å². The number of hydrogen-bond donors (Lipinski definition) is 2. The zero-order chi connectivity index (χ0) is 19.2. The van der Waals surface area contributed by atoms with E-state index in [0.717, 1.165) is 41.9 Å². The van der Waals surface area contributed by atoms with Gasteiger partial charge in [-0.3, -0.25) is 0 Å². The van der Waals surface area contributed by atoms with Gasteiger partial charge in [0.15, 0.2) is 0 Å². The predicted molar refractivity (Wildman–Crippen MR) is 106 cm³/mol. The second-order valence-corrected chi connectivity index (χ2v) is 8.26. The van der Waals surface area contributed by atoms with E-state index in [0.29, 0.717) is 5.82 Å². The van der Waals surface area contributed by atoms with Crippen LogP contribution in [-0.4, -0.2) is 29.1 Å². The minimum atomic E-state index is -0.494. The Labute approximate surface area is 159 Å². The molecule has 3 aliphatic rings. The van der Waals surface area contributed by atoms with E-state index in [4.69, 9.17) is 15.6 Å². The van der Waals surface area contributed by atoms with E-state index in [1.54, 1.807) is 0 Å². The number of nitrogen functional groups attached to an aromatic ring is 1. The fraction of sp³-hybridized carbons (Fsp3) is 0.429. The third-order valence-corrected chi connectivity index (χ3v) is 5.21. The molecule has 1 fully saturated rings. The molecule has 3 aliphatic heterocycles. The molecule has 1 saturated heterocycles. The second-order valence-electron chi connectivity index (χ2n) is 8.26. The number of carbonyl (C=O) groups excluding carboxylic acids is 1. The van der Waals surface area contributed by atoms with E-state index >= 15 is 0 Å². The molecule has 0 radical (unpaired) electrons. The number of piperidine rings is 1. The Balaban J connectivity index is 1.81. The molecule has 1 aromatic carbocycles. The molecular formula is C21H26N4O2. The van der Waals surface area contributed by atoms with Crippen LogP contribution < -0.4 is 16.2 Å². The smallest absolute Gasteiger partial charge is 0.329 e. The zero-order valence-electron chi connectivity index (χ0n) is 16.0. The van der Waals surface area contributed by atoms with Crippen LogP contribution in [0.3, 0.4) is 0 Å². The average Bonchev–Trinajstić information content (AvgIpc) is 2.66. The fourth-order valence-electron chi connectivity index (χ4n) is 4.13. The number of aromatic nitrogens is 1. The molecule has 0 amide bonds. The molecule has 5 rings (SSSR count). The number of fused-ring (bicyclic) bond motifs is 2. The average molecular weight is 366 g/mol. The van der Waals surface area contributed by atoms with E-state index in [1.165, 1.54) is 0 Å². The van der Waals surface area contributed by atoms with Crippen LogP contribution in [0.4, 0.5) is 11.5 Å². The maximum Gasteiger partial charge on any atom is 0.329 e. The lowest BCUT2D eigenvalue weighted by atomic mass is 9.80. The molecule has 2 unspecified atom stereocenters. The standard InChI is InChI=1S/C21H26N4O2/c1-21(2,3)27-20(26)16-11-14-9-10-25(16)19-15(13-7-5-4-6-8-13)12-17(24-22)23-18(14)19/h4-8,12,14,16H,9-11,22H2,1-3H3,(H,23,24). The topological polar surface area (TPSA) is 80.5 Å². The number of carbonyl (C=O) groups is 1. The Morgan fingerprint density at radius 3 is 2.70 bits per heavy atom. The van der Waals surface area contributed by atoms with Crippen molar-refractivity contribution in [2.24, 2.45) is 5.84 Å². The fourth-order valence-corrected chi connectivity index (χ4v) is 4.13. The molecule has 0 aliphatic carbocycles. The first-order valence-corrected chi connectivity index (χ1v) is 9.44. The predicted octanol–water partition coefficient (Wildman–Crippen LogP) is 3.44. The van der Waals surface area contributed by atoms with Gasteiger partial charge in [-0.05, 0) is 45.2 Å². The van der Waals surface area contributed by atoms with Gasteiger partial charge in [-0.2, -0.15) is 0 Å². The van der Waals surface area contributed by atoms with Crippen molar-refractivity contribution in [3.05, 3.63) is 42.1 Å². The Hall–Kier alpha value is -2.60. The van der Waals surface area contributed by atoms with Gasteiger partial charge in [0, 0.05) is 18.0 Å². The molecule has 3 N–H and O–H groups in total. The monoisotopic (exact) mass is 366 g/mol. The van der Waals surface area contributed by atoms with E-state index in [1.807, 2.05) is 45.0 Å². The minimum absolute atomic E-state index is 0.155. The molecule has 2 atom stereocenters. The van der Waals surface area contributed by atoms with Crippen LogP contribution in [0.15, 0.2) is 36.4 Å². The zero-order valence-corrected chi connectivity index (χ0v) is 16.0.